The summed E-state index contributed by atoms with van der Waals surface area (Å²) in [6, 6.07) is 17.5. The molecule has 3 rings (SSSR count). The summed E-state index contributed by atoms with van der Waals surface area (Å²) in [6.07, 6.45) is 0. The van der Waals surface area contributed by atoms with Crippen molar-refractivity contribution in [2.75, 3.05) is 17.9 Å². The molecular weight excluding hydrogens is 533 g/mol. The third-order valence-corrected chi connectivity index (χ3v) is 8.69. The van der Waals surface area contributed by atoms with Gasteiger partial charge >= 0.3 is 0 Å². The van der Waals surface area contributed by atoms with Gasteiger partial charge in [-0.1, -0.05) is 71.2 Å². The van der Waals surface area contributed by atoms with Gasteiger partial charge in [0.05, 0.1) is 20.6 Å². The van der Waals surface area contributed by atoms with Crippen LogP contribution in [0.15, 0.2) is 71.6 Å². The van der Waals surface area contributed by atoms with E-state index in [9.17, 15) is 18.0 Å². The molecule has 0 spiro atoms. The second-order valence-electron chi connectivity index (χ2n) is 8.64. The minimum Gasteiger partial charge on any atom is -0.357 e. The maximum Gasteiger partial charge on any atom is 0.264 e. The highest BCUT2D eigenvalue weighted by molar-refractivity contribution is 7.92. The molecule has 0 heterocycles. The molecule has 7 nitrogen and oxygen atoms in total. The van der Waals surface area contributed by atoms with Crippen LogP contribution in [0.4, 0.5) is 5.69 Å². The Kier molecular flexibility index (Phi) is 9.23. The number of hydrogen-bond acceptors (Lipinski definition) is 4. The van der Waals surface area contributed by atoms with Crippen LogP contribution in [-0.2, 0) is 26.2 Å². The molecule has 0 aliphatic rings. The predicted octanol–water partition coefficient (Wildman–Crippen LogP) is 4.97. The van der Waals surface area contributed by atoms with Crippen LogP contribution in [0.5, 0.6) is 0 Å². The number of carbonyl (C=O) groups is 2. The molecule has 1 atom stereocenters. The third-order valence-electron chi connectivity index (χ3n) is 6.10. The average molecular weight is 563 g/mol. The molecule has 0 unspecified atom stereocenters. The number of halogens is 2. The summed E-state index contributed by atoms with van der Waals surface area (Å²) in [6.45, 7) is 4.86. The Hall–Kier alpha value is -3.07. The number of aryl methyl sites for hydroxylation is 2. The van der Waals surface area contributed by atoms with E-state index in [4.69, 9.17) is 23.2 Å². The number of likely N-dealkylation sites (N-methyl/N-ethyl adjacent to an activating group) is 1. The van der Waals surface area contributed by atoms with E-state index in [2.05, 4.69) is 5.32 Å². The highest BCUT2D eigenvalue weighted by Crippen LogP contribution is 2.35. The van der Waals surface area contributed by atoms with Gasteiger partial charge in [0.2, 0.25) is 11.8 Å². The SMILES string of the molecule is CNC(=O)[C@H](C)N(Cc1ccccc1C)C(=O)CN(c1cccc(Cl)c1Cl)S(=O)(=O)c1ccc(C)cc1. The summed E-state index contributed by atoms with van der Waals surface area (Å²) in [5.74, 6) is -0.957. The summed E-state index contributed by atoms with van der Waals surface area (Å²) in [5, 5.41) is 2.70. The van der Waals surface area contributed by atoms with Crippen molar-refractivity contribution in [3.05, 3.63) is 93.5 Å². The zero-order valence-corrected chi connectivity index (χ0v) is 23.4. The van der Waals surface area contributed by atoms with Gasteiger partial charge in [0, 0.05) is 13.6 Å². The molecule has 37 heavy (non-hydrogen) atoms. The predicted molar refractivity (Wildman–Crippen MR) is 147 cm³/mol. The molecule has 1 N–H and O–H groups in total. The standard InChI is InChI=1S/C27H29Cl2N3O4S/c1-18-12-14-22(15-13-18)37(35,36)32(24-11-7-10-23(28)26(24)29)17-25(33)31(20(3)27(34)30-4)16-21-9-6-5-8-19(21)2/h5-15,20H,16-17H2,1-4H3,(H,30,34)/t20-/m0/s1. The van der Waals surface area contributed by atoms with Gasteiger partial charge in [0.25, 0.3) is 10.0 Å². The van der Waals surface area contributed by atoms with Gasteiger partial charge < -0.3 is 10.2 Å². The molecule has 196 valence electrons. The van der Waals surface area contributed by atoms with E-state index in [0.717, 1.165) is 21.0 Å². The minimum absolute atomic E-state index is 0.00235. The van der Waals surface area contributed by atoms with E-state index in [-0.39, 0.29) is 33.1 Å². The van der Waals surface area contributed by atoms with E-state index in [0.29, 0.717) is 0 Å². The van der Waals surface area contributed by atoms with E-state index < -0.39 is 28.5 Å². The van der Waals surface area contributed by atoms with Crippen LogP contribution in [0.25, 0.3) is 0 Å². The first-order chi connectivity index (χ1) is 17.5. The van der Waals surface area contributed by atoms with Crippen LogP contribution < -0.4 is 9.62 Å². The first kappa shape index (κ1) is 28.5. The van der Waals surface area contributed by atoms with Crippen molar-refractivity contribution in [3.63, 3.8) is 0 Å². The van der Waals surface area contributed by atoms with Crippen molar-refractivity contribution in [3.8, 4) is 0 Å². The number of anilines is 1. The summed E-state index contributed by atoms with van der Waals surface area (Å²) < 4.78 is 28.6. The number of amides is 2. The van der Waals surface area contributed by atoms with Gasteiger partial charge in [-0.15, -0.1) is 0 Å². The van der Waals surface area contributed by atoms with Gasteiger partial charge in [-0.3, -0.25) is 13.9 Å². The smallest absolute Gasteiger partial charge is 0.264 e. The highest BCUT2D eigenvalue weighted by atomic mass is 35.5. The number of nitrogens with zero attached hydrogens (tertiary/aromatic N) is 2. The van der Waals surface area contributed by atoms with Gasteiger partial charge in [-0.25, -0.2) is 8.42 Å². The lowest BCUT2D eigenvalue weighted by atomic mass is 10.1. The number of sulfonamides is 1. The van der Waals surface area contributed by atoms with Gasteiger partial charge in [0.15, 0.2) is 0 Å². The Bertz CT molecular complexity index is 1400. The molecular formula is C27H29Cl2N3O4S. The number of rotatable bonds is 9. The average Bonchev–Trinajstić information content (AvgIpc) is 2.87. The molecule has 2 amide bonds. The molecule has 3 aromatic carbocycles. The van der Waals surface area contributed by atoms with E-state index >= 15 is 0 Å². The lowest BCUT2D eigenvalue weighted by molar-refractivity contribution is -0.139. The Labute approximate surface area is 228 Å². The molecule has 0 fully saturated rings. The van der Waals surface area contributed by atoms with Gasteiger partial charge in [-0.05, 0) is 56.2 Å². The number of benzene rings is 3. The van der Waals surface area contributed by atoms with Gasteiger partial charge in [0.1, 0.15) is 12.6 Å². The zero-order valence-electron chi connectivity index (χ0n) is 21.0. The summed E-state index contributed by atoms with van der Waals surface area (Å²) in [5.41, 5.74) is 2.71. The first-order valence-corrected chi connectivity index (χ1v) is 13.8. The summed E-state index contributed by atoms with van der Waals surface area (Å²) in [7, 11) is -2.75. The quantitative estimate of drug-likeness (QED) is 0.399. The highest BCUT2D eigenvalue weighted by Gasteiger charge is 2.33. The molecule has 0 aliphatic carbocycles. The molecule has 0 saturated heterocycles. The van der Waals surface area contributed by atoms with E-state index in [1.54, 1.807) is 25.1 Å². The monoisotopic (exact) mass is 561 g/mol. The van der Waals surface area contributed by atoms with Crippen LogP contribution in [0, 0.1) is 13.8 Å². The number of carbonyl (C=O) groups excluding carboxylic acids is 2. The molecule has 0 saturated carbocycles. The van der Waals surface area contributed by atoms with Crippen molar-refractivity contribution in [1.82, 2.24) is 10.2 Å². The first-order valence-electron chi connectivity index (χ1n) is 11.6. The molecule has 0 aromatic heterocycles. The lowest BCUT2D eigenvalue weighted by Crippen LogP contribution is -2.50. The van der Waals surface area contributed by atoms with Crippen LogP contribution in [0.2, 0.25) is 10.0 Å². The van der Waals surface area contributed by atoms with Crippen LogP contribution >= 0.6 is 23.2 Å². The summed E-state index contributed by atoms with van der Waals surface area (Å²) in [4.78, 5) is 27.7. The topological polar surface area (TPSA) is 86.8 Å². The van der Waals surface area contributed by atoms with Crippen LogP contribution in [0.3, 0.4) is 0 Å². The fraction of sp³-hybridized carbons (Fsp3) is 0.259. The Morgan fingerprint density at radius 3 is 2.22 bits per heavy atom. The number of hydrogen-bond donors (Lipinski definition) is 1. The Morgan fingerprint density at radius 1 is 0.946 bits per heavy atom. The molecule has 0 radical (unpaired) electrons. The van der Waals surface area contributed by atoms with Crippen molar-refractivity contribution < 1.29 is 18.0 Å². The molecule has 0 aliphatic heterocycles. The largest absolute Gasteiger partial charge is 0.357 e. The summed E-state index contributed by atoms with van der Waals surface area (Å²) >= 11 is 12.6. The normalized spacial score (nSPS) is 12.1. The zero-order chi connectivity index (χ0) is 27.3. The third kappa shape index (κ3) is 6.44. The van der Waals surface area contributed by atoms with Crippen molar-refractivity contribution in [2.24, 2.45) is 0 Å². The molecule has 10 heteroatoms. The second kappa shape index (κ2) is 12.0. The maximum absolute atomic E-state index is 13.8. The fourth-order valence-electron chi connectivity index (χ4n) is 3.80. The Balaban J connectivity index is 2.09. The fourth-order valence-corrected chi connectivity index (χ4v) is 5.67. The van der Waals surface area contributed by atoms with Crippen LogP contribution in [-0.4, -0.2) is 44.8 Å². The lowest BCUT2D eigenvalue weighted by Gasteiger charge is -2.32. The maximum atomic E-state index is 13.8. The van der Waals surface area contributed by atoms with Crippen molar-refractivity contribution >= 4 is 50.7 Å². The molecule has 0 bridgehead atoms. The molecule has 3 aromatic rings. The van der Waals surface area contributed by atoms with E-state index in [1.807, 2.05) is 38.1 Å². The number of nitrogens with one attached hydrogen (secondary N) is 1. The Morgan fingerprint density at radius 2 is 1.59 bits per heavy atom. The second-order valence-corrected chi connectivity index (χ2v) is 11.3. The van der Waals surface area contributed by atoms with E-state index in [1.165, 1.54) is 36.2 Å². The minimum atomic E-state index is -4.23. The van der Waals surface area contributed by atoms with Gasteiger partial charge in [-0.2, -0.15) is 0 Å². The van der Waals surface area contributed by atoms with Crippen LogP contribution in [0.1, 0.15) is 23.6 Å². The van der Waals surface area contributed by atoms with Crippen molar-refractivity contribution in [2.45, 2.75) is 38.3 Å². The van der Waals surface area contributed by atoms with Crippen molar-refractivity contribution in [1.29, 1.82) is 0 Å².